The van der Waals surface area contributed by atoms with Gasteiger partial charge in [0.25, 0.3) is 0 Å². The van der Waals surface area contributed by atoms with Crippen LogP contribution in [0.2, 0.25) is 0 Å². The summed E-state index contributed by atoms with van der Waals surface area (Å²) in [4.78, 5) is 32.6. The molecule has 1 aromatic carbocycles. The fourth-order valence-electron chi connectivity index (χ4n) is 1.59. The number of carboxylic acid groups (broad SMARTS) is 1. The quantitative estimate of drug-likeness (QED) is 0.597. The van der Waals surface area contributed by atoms with E-state index in [2.05, 4.69) is 5.32 Å². The summed E-state index contributed by atoms with van der Waals surface area (Å²) in [5, 5.41) is 22.0. The van der Waals surface area contributed by atoms with Crippen molar-refractivity contribution in [1.82, 2.24) is 5.32 Å². The Morgan fingerprint density at radius 2 is 2.04 bits per heavy atom. The number of amides is 1. The summed E-state index contributed by atoms with van der Waals surface area (Å²) in [5.74, 6) is -3.01. The number of nitro groups is 1. The normalized spacial score (nSPS) is 12.2. The lowest BCUT2D eigenvalue weighted by Gasteiger charge is -2.22. The van der Waals surface area contributed by atoms with E-state index in [1.807, 2.05) is 0 Å². The molecule has 9 nitrogen and oxygen atoms in total. The van der Waals surface area contributed by atoms with Crippen molar-refractivity contribution in [2.24, 2.45) is 0 Å². The summed E-state index contributed by atoms with van der Waals surface area (Å²) in [6.07, 6.45) is -0.993. The Labute approximate surface area is 136 Å². The Balaban J connectivity index is 2.82. The molecule has 0 radical (unpaired) electrons. The molecule has 1 atom stereocenters. The van der Waals surface area contributed by atoms with Crippen LogP contribution in [0.1, 0.15) is 20.8 Å². The summed E-state index contributed by atoms with van der Waals surface area (Å²) in [6.45, 7) is 4.12. The molecule has 0 saturated heterocycles. The van der Waals surface area contributed by atoms with Crippen molar-refractivity contribution in [2.75, 3.05) is 6.61 Å². The Kier molecular flexibility index (Phi) is 6.04. The number of carboxylic acids is 1. The van der Waals surface area contributed by atoms with Gasteiger partial charge in [0, 0.05) is 0 Å². The summed E-state index contributed by atoms with van der Waals surface area (Å²) in [7, 11) is 0. The van der Waals surface area contributed by atoms with Crippen molar-refractivity contribution < 1.29 is 33.5 Å². The van der Waals surface area contributed by atoms with Gasteiger partial charge in [-0.1, -0.05) is 6.07 Å². The molecule has 0 aliphatic rings. The van der Waals surface area contributed by atoms with Gasteiger partial charge in [0.05, 0.1) is 4.92 Å². The maximum Gasteiger partial charge on any atom is 0.408 e. The number of halogens is 1. The minimum atomic E-state index is -1.54. The van der Waals surface area contributed by atoms with Crippen molar-refractivity contribution >= 4 is 17.7 Å². The number of carbonyl (C=O) groups is 2. The second kappa shape index (κ2) is 7.57. The molecule has 0 heterocycles. The van der Waals surface area contributed by atoms with Gasteiger partial charge < -0.3 is 19.9 Å². The third-order valence-corrected chi connectivity index (χ3v) is 2.53. The molecule has 1 rings (SSSR count). The highest BCUT2D eigenvalue weighted by Gasteiger charge is 2.27. The largest absolute Gasteiger partial charge is 0.484 e. The van der Waals surface area contributed by atoms with Gasteiger partial charge in [-0.05, 0) is 32.9 Å². The Bertz CT molecular complexity index is 643. The van der Waals surface area contributed by atoms with Crippen molar-refractivity contribution in [3.05, 3.63) is 34.1 Å². The number of carbonyl (C=O) groups excluding carboxylic acids is 1. The zero-order chi connectivity index (χ0) is 18.5. The molecule has 0 aliphatic carbocycles. The zero-order valence-corrected chi connectivity index (χ0v) is 13.2. The van der Waals surface area contributed by atoms with Crippen molar-refractivity contribution in [2.45, 2.75) is 32.4 Å². The van der Waals surface area contributed by atoms with Crippen LogP contribution in [0.15, 0.2) is 18.2 Å². The molecule has 0 spiro atoms. The lowest BCUT2D eigenvalue weighted by molar-refractivity contribution is -0.388. The Morgan fingerprint density at radius 3 is 2.54 bits per heavy atom. The summed E-state index contributed by atoms with van der Waals surface area (Å²) in [6, 6.07) is 1.63. The molecule has 132 valence electrons. The van der Waals surface area contributed by atoms with Gasteiger partial charge in [0.2, 0.25) is 5.82 Å². The molecule has 0 unspecified atom stereocenters. The van der Waals surface area contributed by atoms with Gasteiger partial charge in [-0.2, -0.15) is 4.39 Å². The maximum absolute atomic E-state index is 13.5. The van der Waals surface area contributed by atoms with E-state index in [0.29, 0.717) is 0 Å². The highest BCUT2D eigenvalue weighted by Crippen LogP contribution is 2.29. The van der Waals surface area contributed by atoms with Crippen LogP contribution < -0.4 is 10.1 Å². The Morgan fingerprint density at radius 1 is 1.42 bits per heavy atom. The fourth-order valence-corrected chi connectivity index (χ4v) is 1.59. The molecule has 0 fully saturated rings. The highest BCUT2D eigenvalue weighted by molar-refractivity contribution is 5.80. The van der Waals surface area contributed by atoms with Gasteiger partial charge in [-0.15, -0.1) is 0 Å². The molecule has 10 heteroatoms. The number of hydrogen-bond donors (Lipinski definition) is 2. The topological polar surface area (TPSA) is 128 Å². The number of rotatable bonds is 6. The van der Waals surface area contributed by atoms with Gasteiger partial charge in [-0.3, -0.25) is 10.1 Å². The maximum atomic E-state index is 13.5. The van der Waals surface area contributed by atoms with Crippen LogP contribution in [-0.2, 0) is 9.53 Å². The fraction of sp³-hybridized carbons (Fsp3) is 0.429. The lowest BCUT2D eigenvalue weighted by atomic mass is 10.2. The number of aliphatic carboxylic acids is 1. The lowest BCUT2D eigenvalue weighted by Crippen LogP contribution is -2.46. The van der Waals surface area contributed by atoms with Crippen molar-refractivity contribution in [3.8, 4) is 5.75 Å². The first-order valence-corrected chi connectivity index (χ1v) is 6.79. The van der Waals surface area contributed by atoms with Crippen LogP contribution in [0.3, 0.4) is 0 Å². The molecule has 0 aromatic heterocycles. The summed E-state index contributed by atoms with van der Waals surface area (Å²) >= 11 is 0. The second-order valence-electron chi connectivity index (χ2n) is 5.69. The summed E-state index contributed by atoms with van der Waals surface area (Å²) < 4.78 is 23.4. The van der Waals surface area contributed by atoms with E-state index in [0.717, 1.165) is 12.1 Å². The molecule has 0 bridgehead atoms. The van der Waals surface area contributed by atoms with Crippen molar-refractivity contribution in [1.29, 1.82) is 0 Å². The predicted octanol–water partition coefficient (Wildman–Crippen LogP) is 2.09. The van der Waals surface area contributed by atoms with E-state index in [9.17, 15) is 24.1 Å². The minimum Gasteiger partial charge on any atom is -0.484 e. The number of nitro benzene ring substituents is 1. The van der Waals surface area contributed by atoms with Gasteiger partial charge >= 0.3 is 17.7 Å². The number of hydrogen-bond acceptors (Lipinski definition) is 6. The summed E-state index contributed by atoms with van der Waals surface area (Å²) in [5.41, 5.74) is -1.76. The van der Waals surface area contributed by atoms with Gasteiger partial charge in [-0.25, -0.2) is 9.59 Å². The number of nitrogens with one attached hydrogen (secondary N) is 1. The first-order valence-electron chi connectivity index (χ1n) is 6.79. The standard InChI is InChI=1S/C14H17FN2O7/c1-14(2,3)24-13(20)16-9(12(18)19)7-23-10-6-4-5-8(15)11(10)17(21)22/h4-6,9H,7H2,1-3H3,(H,16,20)(H,18,19)/t9-/m0/s1. The second-order valence-corrected chi connectivity index (χ2v) is 5.69. The Hall–Kier alpha value is -2.91. The third-order valence-electron chi connectivity index (χ3n) is 2.53. The molecule has 1 aromatic rings. The average Bonchev–Trinajstić information content (AvgIpc) is 2.40. The third kappa shape index (κ3) is 5.71. The molecule has 1 amide bonds. The van der Waals surface area contributed by atoms with Crippen molar-refractivity contribution in [3.63, 3.8) is 0 Å². The van der Waals surface area contributed by atoms with Crippen LogP contribution in [-0.4, -0.2) is 40.3 Å². The monoisotopic (exact) mass is 344 g/mol. The van der Waals surface area contributed by atoms with Crippen LogP contribution >= 0.6 is 0 Å². The van der Waals surface area contributed by atoms with Crippen LogP contribution in [0.25, 0.3) is 0 Å². The molecular weight excluding hydrogens is 327 g/mol. The molecule has 0 saturated carbocycles. The van der Waals surface area contributed by atoms with Crippen LogP contribution in [0.5, 0.6) is 5.75 Å². The van der Waals surface area contributed by atoms with E-state index < -0.39 is 52.5 Å². The highest BCUT2D eigenvalue weighted by atomic mass is 19.1. The molecule has 24 heavy (non-hydrogen) atoms. The van der Waals surface area contributed by atoms with E-state index in [1.165, 1.54) is 6.07 Å². The average molecular weight is 344 g/mol. The SMILES string of the molecule is CC(C)(C)OC(=O)N[C@@H](COc1cccc(F)c1[N+](=O)[O-])C(=O)O. The molecular formula is C14H17FN2O7. The van der Waals surface area contributed by atoms with Gasteiger partial charge in [0.1, 0.15) is 12.2 Å². The number of benzene rings is 1. The number of nitrogens with zero attached hydrogens (tertiary/aromatic N) is 1. The van der Waals surface area contributed by atoms with Crippen LogP contribution in [0, 0.1) is 15.9 Å². The van der Waals surface area contributed by atoms with E-state index in [4.69, 9.17) is 14.6 Å². The first kappa shape index (κ1) is 19.1. The van der Waals surface area contributed by atoms with E-state index in [-0.39, 0.29) is 0 Å². The van der Waals surface area contributed by atoms with Gasteiger partial charge in [0.15, 0.2) is 11.8 Å². The number of para-hydroxylation sites is 1. The predicted molar refractivity (Wildman–Crippen MR) is 79.3 cm³/mol. The molecule has 2 N–H and O–H groups in total. The zero-order valence-electron chi connectivity index (χ0n) is 13.2. The first-order chi connectivity index (χ1) is 11.0. The van der Waals surface area contributed by atoms with E-state index >= 15 is 0 Å². The smallest absolute Gasteiger partial charge is 0.408 e. The van der Waals surface area contributed by atoms with E-state index in [1.54, 1.807) is 20.8 Å². The number of ether oxygens (including phenoxy) is 2. The molecule has 0 aliphatic heterocycles. The van der Waals surface area contributed by atoms with Crippen LogP contribution in [0.4, 0.5) is 14.9 Å². The minimum absolute atomic E-state index is 0.447. The number of alkyl carbamates (subject to hydrolysis) is 1.